The van der Waals surface area contributed by atoms with Crippen molar-refractivity contribution in [3.05, 3.63) is 60.2 Å². The summed E-state index contributed by atoms with van der Waals surface area (Å²) in [5, 5.41) is 2.88. The number of amides is 1. The molecule has 1 aliphatic carbocycles. The lowest BCUT2D eigenvalue weighted by atomic mass is 9.83. The molecule has 0 spiro atoms. The molecule has 5 nitrogen and oxygen atoms in total. The molecule has 3 rings (SSSR count). The quantitative estimate of drug-likeness (QED) is 0.792. The third-order valence-corrected chi connectivity index (χ3v) is 6.70. The number of anilines is 1. The van der Waals surface area contributed by atoms with Gasteiger partial charge in [0, 0.05) is 11.7 Å². The number of rotatable bonds is 6. The molecule has 0 aliphatic heterocycles. The van der Waals surface area contributed by atoms with Crippen LogP contribution in [0.5, 0.6) is 0 Å². The van der Waals surface area contributed by atoms with Gasteiger partial charge in [0.1, 0.15) is 0 Å². The molecule has 1 fully saturated rings. The van der Waals surface area contributed by atoms with Gasteiger partial charge < -0.3 is 5.32 Å². The van der Waals surface area contributed by atoms with Gasteiger partial charge in [-0.2, -0.15) is 0 Å². The van der Waals surface area contributed by atoms with Crippen molar-refractivity contribution < 1.29 is 13.2 Å². The molecule has 2 aromatic carbocycles. The summed E-state index contributed by atoms with van der Waals surface area (Å²) < 4.78 is 27.7. The minimum absolute atomic E-state index is 0.0288. The van der Waals surface area contributed by atoms with Gasteiger partial charge in [-0.25, -0.2) is 13.1 Å². The first-order valence-corrected chi connectivity index (χ1v) is 10.8. The van der Waals surface area contributed by atoms with Crippen LogP contribution in [0.4, 0.5) is 5.69 Å². The zero-order valence-electron chi connectivity index (χ0n) is 15.7. The number of nitrogens with one attached hydrogen (secondary N) is 2. The normalized spacial score (nSPS) is 15.6. The number of sulfonamides is 1. The van der Waals surface area contributed by atoms with E-state index in [2.05, 4.69) is 10.0 Å². The van der Waals surface area contributed by atoms with Gasteiger partial charge in [0.25, 0.3) is 0 Å². The lowest BCUT2D eigenvalue weighted by Crippen LogP contribution is -2.34. The fourth-order valence-electron chi connectivity index (χ4n) is 3.32. The average molecular weight is 387 g/mol. The topological polar surface area (TPSA) is 75.3 Å². The Kier molecular flexibility index (Phi) is 5.67. The molecular weight excluding hydrogens is 360 g/mol. The van der Waals surface area contributed by atoms with Crippen LogP contribution < -0.4 is 10.0 Å². The largest absolute Gasteiger partial charge is 0.325 e. The van der Waals surface area contributed by atoms with E-state index in [9.17, 15) is 13.2 Å². The Morgan fingerprint density at radius 2 is 1.56 bits per heavy atom. The first-order valence-electron chi connectivity index (χ1n) is 9.28. The lowest BCUT2D eigenvalue weighted by molar-refractivity contribution is -0.120. The minimum atomic E-state index is -3.52. The van der Waals surface area contributed by atoms with Crippen LogP contribution >= 0.6 is 0 Å². The van der Waals surface area contributed by atoms with Crippen molar-refractivity contribution in [1.82, 2.24) is 4.72 Å². The Balaban J connectivity index is 1.69. The molecule has 2 aromatic rings. The fraction of sp³-hybridized carbons (Fsp3) is 0.381. The Hall–Kier alpha value is -2.18. The van der Waals surface area contributed by atoms with Crippen molar-refractivity contribution >= 4 is 21.6 Å². The van der Waals surface area contributed by atoms with Gasteiger partial charge in [0.2, 0.25) is 15.9 Å². The van der Waals surface area contributed by atoms with E-state index in [1.54, 1.807) is 12.1 Å². The Morgan fingerprint density at radius 3 is 2.15 bits per heavy atom. The van der Waals surface area contributed by atoms with Crippen molar-refractivity contribution in [2.24, 2.45) is 0 Å². The zero-order valence-corrected chi connectivity index (χ0v) is 16.6. The van der Waals surface area contributed by atoms with Gasteiger partial charge in [-0.3, -0.25) is 4.79 Å². The first kappa shape index (κ1) is 19.6. The number of carbonyl (C=O) groups is 1. The number of carbonyl (C=O) groups excluding carboxylic acids is 1. The maximum Gasteiger partial charge on any atom is 0.240 e. The molecular formula is C21H26N2O3S. The molecule has 0 saturated heterocycles. The molecule has 2 N–H and O–H groups in total. The van der Waals surface area contributed by atoms with Crippen LogP contribution in [-0.2, 0) is 20.2 Å². The van der Waals surface area contributed by atoms with Crippen molar-refractivity contribution in [1.29, 1.82) is 0 Å². The maximum atomic E-state index is 12.7. The van der Waals surface area contributed by atoms with E-state index in [0.29, 0.717) is 5.69 Å². The summed E-state index contributed by atoms with van der Waals surface area (Å²) in [6.07, 6.45) is 3.91. The number of hydrogen-bond acceptors (Lipinski definition) is 3. The second-order valence-corrected chi connectivity index (χ2v) is 9.29. The summed E-state index contributed by atoms with van der Waals surface area (Å²) >= 11 is 0. The molecule has 1 aliphatic rings. The van der Waals surface area contributed by atoms with Gasteiger partial charge in [-0.15, -0.1) is 0 Å². The molecule has 1 amide bonds. The number of benzene rings is 2. The monoisotopic (exact) mass is 386 g/mol. The smallest absolute Gasteiger partial charge is 0.240 e. The SMILES string of the molecule is CC(C)(C(=O)Nc1ccc(S(=O)(=O)NC2CCCC2)cc1)c1ccccc1. The van der Waals surface area contributed by atoms with Crippen LogP contribution in [0.3, 0.4) is 0 Å². The van der Waals surface area contributed by atoms with E-state index < -0.39 is 15.4 Å². The van der Waals surface area contributed by atoms with E-state index in [-0.39, 0.29) is 16.8 Å². The molecule has 144 valence electrons. The molecule has 0 atom stereocenters. The van der Waals surface area contributed by atoms with E-state index in [1.165, 1.54) is 12.1 Å². The standard InChI is InChI=1S/C21H26N2O3S/c1-21(2,16-8-4-3-5-9-16)20(24)22-17-12-14-19(15-13-17)27(25,26)23-18-10-6-7-11-18/h3-5,8-9,12-15,18,23H,6-7,10-11H2,1-2H3,(H,22,24). The van der Waals surface area contributed by atoms with Gasteiger partial charge >= 0.3 is 0 Å². The highest BCUT2D eigenvalue weighted by molar-refractivity contribution is 7.89. The first-order chi connectivity index (χ1) is 12.8. The molecule has 0 radical (unpaired) electrons. The van der Waals surface area contributed by atoms with Crippen LogP contribution in [0, 0.1) is 0 Å². The Bertz CT molecular complexity index is 885. The van der Waals surface area contributed by atoms with Gasteiger partial charge in [-0.1, -0.05) is 43.2 Å². The second-order valence-electron chi connectivity index (χ2n) is 7.57. The highest BCUT2D eigenvalue weighted by atomic mass is 32.2. The second kappa shape index (κ2) is 7.82. The summed E-state index contributed by atoms with van der Waals surface area (Å²) in [4.78, 5) is 12.9. The number of hydrogen-bond donors (Lipinski definition) is 2. The Morgan fingerprint density at radius 1 is 0.963 bits per heavy atom. The molecule has 0 unspecified atom stereocenters. The third-order valence-electron chi connectivity index (χ3n) is 5.16. The van der Waals surface area contributed by atoms with E-state index >= 15 is 0 Å². The van der Waals surface area contributed by atoms with E-state index in [1.807, 2.05) is 44.2 Å². The molecule has 27 heavy (non-hydrogen) atoms. The van der Waals surface area contributed by atoms with Crippen LogP contribution in [0.25, 0.3) is 0 Å². The molecule has 1 saturated carbocycles. The van der Waals surface area contributed by atoms with E-state index in [4.69, 9.17) is 0 Å². The van der Waals surface area contributed by atoms with Gasteiger partial charge in [0.05, 0.1) is 10.3 Å². The highest BCUT2D eigenvalue weighted by Gasteiger charge is 2.29. The van der Waals surface area contributed by atoms with Crippen molar-refractivity contribution in [2.75, 3.05) is 5.32 Å². The summed E-state index contributed by atoms with van der Waals surface area (Å²) in [5.74, 6) is -0.145. The predicted octanol–water partition coefficient (Wildman–Crippen LogP) is 3.82. The van der Waals surface area contributed by atoms with Gasteiger partial charge in [-0.05, 0) is 56.5 Å². The van der Waals surface area contributed by atoms with Crippen molar-refractivity contribution in [3.63, 3.8) is 0 Å². The van der Waals surface area contributed by atoms with Crippen molar-refractivity contribution in [2.45, 2.75) is 55.9 Å². The summed E-state index contributed by atoms with van der Waals surface area (Å²) in [6.45, 7) is 3.73. The van der Waals surface area contributed by atoms with E-state index in [0.717, 1.165) is 31.2 Å². The highest BCUT2D eigenvalue weighted by Crippen LogP contribution is 2.26. The van der Waals surface area contributed by atoms with Crippen LogP contribution in [-0.4, -0.2) is 20.4 Å². The summed E-state index contributed by atoms with van der Waals surface area (Å²) in [5.41, 5.74) is 0.794. The maximum absolute atomic E-state index is 12.7. The summed E-state index contributed by atoms with van der Waals surface area (Å²) in [6, 6.07) is 15.9. The van der Waals surface area contributed by atoms with Crippen molar-refractivity contribution in [3.8, 4) is 0 Å². The van der Waals surface area contributed by atoms with Crippen LogP contribution in [0.2, 0.25) is 0 Å². The summed E-state index contributed by atoms with van der Waals surface area (Å²) in [7, 11) is -3.52. The van der Waals surface area contributed by atoms with Crippen LogP contribution in [0.15, 0.2) is 59.5 Å². The molecule has 0 bridgehead atoms. The molecule has 0 heterocycles. The third kappa shape index (κ3) is 4.57. The van der Waals surface area contributed by atoms with Crippen LogP contribution in [0.1, 0.15) is 45.1 Å². The minimum Gasteiger partial charge on any atom is -0.325 e. The molecule has 6 heteroatoms. The molecule has 0 aromatic heterocycles. The zero-order chi connectivity index (χ0) is 19.5. The lowest BCUT2D eigenvalue weighted by Gasteiger charge is -2.24. The predicted molar refractivity (Wildman–Crippen MR) is 107 cm³/mol. The Labute approximate surface area is 161 Å². The fourth-order valence-corrected chi connectivity index (χ4v) is 4.63. The average Bonchev–Trinajstić information content (AvgIpc) is 3.15. The van der Waals surface area contributed by atoms with Gasteiger partial charge in [0.15, 0.2) is 0 Å².